The molecule has 0 fully saturated rings. The van der Waals surface area contributed by atoms with Crippen LogP contribution in [-0.4, -0.2) is 39.2 Å². The van der Waals surface area contributed by atoms with Gasteiger partial charge in [0.2, 0.25) is 5.91 Å². The lowest BCUT2D eigenvalue weighted by Crippen LogP contribution is -2.27. The van der Waals surface area contributed by atoms with E-state index in [0.717, 1.165) is 0 Å². The Kier molecular flexibility index (Phi) is 5.81. The third-order valence-electron chi connectivity index (χ3n) is 2.36. The van der Waals surface area contributed by atoms with Gasteiger partial charge in [-0.2, -0.15) is 0 Å². The average molecular weight is 266 g/mol. The maximum atomic E-state index is 12.0. The van der Waals surface area contributed by atoms with E-state index in [-0.39, 0.29) is 11.8 Å². The van der Waals surface area contributed by atoms with Gasteiger partial charge in [-0.25, -0.2) is 0 Å². The van der Waals surface area contributed by atoms with Crippen LogP contribution in [0, 0.1) is 0 Å². The maximum Gasteiger partial charge on any atom is 0.255 e. The molecular weight excluding hydrogens is 248 g/mol. The first-order valence-electron chi connectivity index (χ1n) is 5.81. The third-order valence-corrected chi connectivity index (χ3v) is 2.36. The van der Waals surface area contributed by atoms with Crippen LogP contribution in [0.2, 0.25) is 0 Å². The molecule has 0 unspecified atom stereocenters. The molecule has 1 rings (SSSR count). The molecule has 104 valence electrons. The van der Waals surface area contributed by atoms with Gasteiger partial charge < -0.3 is 20.1 Å². The number of benzene rings is 1. The van der Waals surface area contributed by atoms with Crippen LogP contribution in [0.3, 0.4) is 0 Å². The zero-order chi connectivity index (χ0) is 14.3. The fourth-order valence-corrected chi connectivity index (χ4v) is 1.53. The van der Waals surface area contributed by atoms with E-state index in [9.17, 15) is 9.59 Å². The number of hydrogen-bond donors (Lipinski definition) is 2. The van der Waals surface area contributed by atoms with Gasteiger partial charge in [0.05, 0.1) is 19.3 Å². The molecule has 0 bridgehead atoms. The topological polar surface area (TPSA) is 76.7 Å². The number of carbonyl (C=O) groups is 2. The van der Waals surface area contributed by atoms with E-state index >= 15 is 0 Å². The van der Waals surface area contributed by atoms with E-state index in [1.807, 2.05) is 0 Å². The highest BCUT2D eigenvalue weighted by Gasteiger charge is 2.13. The van der Waals surface area contributed by atoms with Gasteiger partial charge >= 0.3 is 0 Å². The Morgan fingerprint density at radius 1 is 1.26 bits per heavy atom. The Balaban J connectivity index is 2.88. The molecule has 0 aromatic heterocycles. The Morgan fingerprint density at radius 3 is 2.58 bits per heavy atom. The van der Waals surface area contributed by atoms with Crippen LogP contribution < -0.4 is 15.4 Å². The summed E-state index contributed by atoms with van der Waals surface area (Å²) in [5.74, 6) is -0.0268. The van der Waals surface area contributed by atoms with Crippen LogP contribution in [0.4, 0.5) is 5.69 Å². The highest BCUT2D eigenvalue weighted by molar-refractivity contribution is 5.99. The van der Waals surface area contributed by atoms with Crippen molar-refractivity contribution in [2.24, 2.45) is 0 Å². The van der Waals surface area contributed by atoms with Gasteiger partial charge in [-0.05, 0) is 18.2 Å². The number of anilines is 1. The zero-order valence-electron chi connectivity index (χ0n) is 11.3. The minimum absolute atomic E-state index is 0.198. The minimum atomic E-state index is -0.277. The van der Waals surface area contributed by atoms with E-state index in [1.54, 1.807) is 25.3 Å². The largest absolute Gasteiger partial charge is 0.496 e. The average Bonchev–Trinajstić information content (AvgIpc) is 2.38. The van der Waals surface area contributed by atoms with Crippen molar-refractivity contribution in [3.63, 3.8) is 0 Å². The molecule has 0 saturated carbocycles. The van der Waals surface area contributed by atoms with Crippen molar-refractivity contribution < 1.29 is 19.1 Å². The van der Waals surface area contributed by atoms with Crippen LogP contribution in [0.15, 0.2) is 18.2 Å². The second-order valence-corrected chi connectivity index (χ2v) is 3.84. The predicted molar refractivity (Wildman–Crippen MR) is 71.5 cm³/mol. The van der Waals surface area contributed by atoms with Crippen molar-refractivity contribution in [2.75, 3.05) is 32.7 Å². The number of ether oxygens (including phenoxy) is 2. The molecule has 0 spiro atoms. The molecule has 0 aliphatic carbocycles. The molecule has 2 amide bonds. The first kappa shape index (κ1) is 15.0. The second-order valence-electron chi connectivity index (χ2n) is 3.84. The summed E-state index contributed by atoms with van der Waals surface area (Å²) in [6.45, 7) is 2.24. The Morgan fingerprint density at radius 2 is 2.00 bits per heavy atom. The molecule has 6 heteroatoms. The Hall–Kier alpha value is -2.08. The molecule has 0 aliphatic heterocycles. The third kappa shape index (κ3) is 4.59. The Bertz CT molecular complexity index is 460. The monoisotopic (exact) mass is 266 g/mol. The van der Waals surface area contributed by atoms with Crippen molar-refractivity contribution in [1.82, 2.24) is 5.32 Å². The van der Waals surface area contributed by atoms with E-state index in [0.29, 0.717) is 30.2 Å². The van der Waals surface area contributed by atoms with Crippen LogP contribution in [0.25, 0.3) is 0 Å². The fourth-order valence-electron chi connectivity index (χ4n) is 1.53. The normalized spacial score (nSPS) is 9.84. The lowest BCUT2D eigenvalue weighted by atomic mass is 10.1. The van der Waals surface area contributed by atoms with Crippen LogP contribution in [0.5, 0.6) is 5.75 Å². The smallest absolute Gasteiger partial charge is 0.255 e. The summed E-state index contributed by atoms with van der Waals surface area (Å²) in [7, 11) is 3.05. The summed E-state index contributed by atoms with van der Waals surface area (Å²) in [5.41, 5.74) is 0.912. The number of carbonyl (C=O) groups excluding carboxylic acids is 2. The second kappa shape index (κ2) is 7.38. The number of methoxy groups -OCH3 is 2. The first-order valence-corrected chi connectivity index (χ1v) is 5.81. The summed E-state index contributed by atoms with van der Waals surface area (Å²) in [6.07, 6.45) is 0. The van der Waals surface area contributed by atoms with E-state index in [4.69, 9.17) is 9.47 Å². The van der Waals surface area contributed by atoms with Crippen molar-refractivity contribution >= 4 is 17.5 Å². The SMILES string of the molecule is COCCNC(=O)c1cc(NC(C)=O)ccc1OC. The molecule has 6 nitrogen and oxygen atoms in total. The Labute approximate surface area is 112 Å². The number of hydrogen-bond acceptors (Lipinski definition) is 4. The summed E-state index contributed by atoms with van der Waals surface area (Å²) >= 11 is 0. The maximum absolute atomic E-state index is 12.0. The molecule has 0 heterocycles. The number of nitrogens with one attached hydrogen (secondary N) is 2. The molecule has 1 aromatic carbocycles. The van der Waals surface area contributed by atoms with E-state index < -0.39 is 0 Å². The molecule has 0 atom stereocenters. The van der Waals surface area contributed by atoms with Crippen molar-refractivity contribution in [2.45, 2.75) is 6.92 Å². The van der Waals surface area contributed by atoms with Crippen molar-refractivity contribution in [3.8, 4) is 5.75 Å². The lowest BCUT2D eigenvalue weighted by Gasteiger charge is -2.11. The molecule has 2 N–H and O–H groups in total. The molecule has 1 aromatic rings. The first-order chi connectivity index (χ1) is 9.08. The number of amides is 2. The fraction of sp³-hybridized carbons (Fsp3) is 0.385. The van der Waals surface area contributed by atoms with E-state index in [2.05, 4.69) is 10.6 Å². The van der Waals surface area contributed by atoms with Gasteiger partial charge in [0.15, 0.2) is 0 Å². The molecule has 19 heavy (non-hydrogen) atoms. The van der Waals surface area contributed by atoms with Gasteiger partial charge in [0.25, 0.3) is 5.91 Å². The van der Waals surface area contributed by atoms with Gasteiger partial charge in [-0.15, -0.1) is 0 Å². The highest BCUT2D eigenvalue weighted by atomic mass is 16.5. The van der Waals surface area contributed by atoms with Gasteiger partial charge in [0, 0.05) is 26.3 Å². The summed E-state index contributed by atoms with van der Waals surface area (Å²) in [5, 5.41) is 5.32. The van der Waals surface area contributed by atoms with Gasteiger partial charge in [0.1, 0.15) is 5.75 Å². The van der Waals surface area contributed by atoms with Gasteiger partial charge in [-0.3, -0.25) is 9.59 Å². The van der Waals surface area contributed by atoms with Gasteiger partial charge in [-0.1, -0.05) is 0 Å². The van der Waals surface area contributed by atoms with Crippen LogP contribution >= 0.6 is 0 Å². The lowest BCUT2D eigenvalue weighted by molar-refractivity contribution is -0.114. The molecule has 0 aliphatic rings. The summed E-state index contributed by atoms with van der Waals surface area (Å²) in [4.78, 5) is 23.0. The van der Waals surface area contributed by atoms with E-state index in [1.165, 1.54) is 14.0 Å². The highest BCUT2D eigenvalue weighted by Crippen LogP contribution is 2.22. The molecular formula is C13H18N2O4. The minimum Gasteiger partial charge on any atom is -0.496 e. The van der Waals surface area contributed by atoms with Crippen LogP contribution in [-0.2, 0) is 9.53 Å². The standard InChI is InChI=1S/C13H18N2O4/c1-9(16)15-10-4-5-12(19-3)11(8-10)13(17)14-6-7-18-2/h4-5,8H,6-7H2,1-3H3,(H,14,17)(H,15,16). The number of rotatable bonds is 6. The predicted octanol–water partition coefficient (Wildman–Crippen LogP) is 1.03. The summed E-state index contributed by atoms with van der Waals surface area (Å²) < 4.78 is 9.99. The van der Waals surface area contributed by atoms with Crippen LogP contribution in [0.1, 0.15) is 17.3 Å². The molecule has 0 saturated heterocycles. The van der Waals surface area contributed by atoms with Crippen molar-refractivity contribution in [1.29, 1.82) is 0 Å². The quantitative estimate of drug-likeness (QED) is 0.754. The zero-order valence-corrected chi connectivity index (χ0v) is 11.3. The molecule has 0 radical (unpaired) electrons. The van der Waals surface area contributed by atoms with Crippen molar-refractivity contribution in [3.05, 3.63) is 23.8 Å². The summed E-state index contributed by atoms with van der Waals surface area (Å²) in [6, 6.07) is 4.88.